The summed E-state index contributed by atoms with van der Waals surface area (Å²) in [6.07, 6.45) is 9.50. The van der Waals surface area contributed by atoms with E-state index in [-0.39, 0.29) is 18.8 Å². The van der Waals surface area contributed by atoms with Crippen LogP contribution >= 0.6 is 0 Å². The van der Waals surface area contributed by atoms with Crippen molar-refractivity contribution in [2.45, 2.75) is 39.2 Å². The van der Waals surface area contributed by atoms with Crippen LogP contribution in [-0.4, -0.2) is 46.6 Å². The lowest BCUT2D eigenvalue weighted by molar-refractivity contribution is -0.132. The molecule has 0 fully saturated rings. The maximum Gasteiger partial charge on any atom is 0.331 e. The Morgan fingerprint density at radius 2 is 1.90 bits per heavy atom. The van der Waals surface area contributed by atoms with Crippen molar-refractivity contribution in [3.8, 4) is 34.4 Å². The second kappa shape index (κ2) is 13.1. The number of rotatable bonds is 13. The summed E-state index contributed by atoms with van der Waals surface area (Å²) in [5.41, 5.74) is 3.06. The number of carboxylic acid groups (broad SMARTS) is 1. The zero-order valence-electron chi connectivity index (χ0n) is 23.8. The predicted octanol–water partition coefficient (Wildman–Crippen LogP) is 5.65. The highest BCUT2D eigenvalue weighted by atomic mass is 16.7. The van der Waals surface area contributed by atoms with E-state index in [0.29, 0.717) is 53.0 Å². The molecule has 0 radical (unpaired) electrons. The van der Waals surface area contributed by atoms with Gasteiger partial charge in [0.05, 0.1) is 31.8 Å². The third kappa shape index (κ3) is 6.33. The van der Waals surface area contributed by atoms with E-state index in [9.17, 15) is 9.90 Å². The molecule has 10 heteroatoms. The third-order valence-electron chi connectivity index (χ3n) is 6.89. The van der Waals surface area contributed by atoms with Crippen molar-refractivity contribution >= 4 is 12.0 Å². The van der Waals surface area contributed by atoms with Gasteiger partial charge in [0, 0.05) is 54.1 Å². The van der Waals surface area contributed by atoms with Crippen LogP contribution in [0.4, 0.5) is 0 Å². The van der Waals surface area contributed by atoms with Crippen molar-refractivity contribution in [3.05, 3.63) is 89.3 Å². The third-order valence-corrected chi connectivity index (χ3v) is 6.89. The minimum absolute atomic E-state index is 0.0948. The van der Waals surface area contributed by atoms with Crippen LogP contribution in [0.5, 0.6) is 28.7 Å². The highest BCUT2D eigenvalue weighted by molar-refractivity contribution is 5.92. The van der Waals surface area contributed by atoms with Crippen molar-refractivity contribution in [2.75, 3.05) is 21.0 Å². The molecule has 0 unspecified atom stereocenters. The van der Waals surface area contributed by atoms with E-state index in [1.165, 1.54) is 7.11 Å². The van der Waals surface area contributed by atoms with Gasteiger partial charge in [-0.3, -0.25) is 9.55 Å². The Morgan fingerprint density at radius 1 is 1.07 bits per heavy atom. The van der Waals surface area contributed by atoms with E-state index in [1.54, 1.807) is 43.9 Å². The monoisotopic (exact) mass is 571 g/mol. The molecule has 0 saturated heterocycles. The number of hydrogen-bond acceptors (Lipinski definition) is 8. The number of unbranched alkanes of at least 4 members (excludes halogenated alkanes) is 1. The van der Waals surface area contributed by atoms with Crippen molar-refractivity contribution in [2.24, 2.45) is 0 Å². The highest BCUT2D eigenvalue weighted by Crippen LogP contribution is 2.39. The molecule has 3 heterocycles. The summed E-state index contributed by atoms with van der Waals surface area (Å²) in [6.45, 7) is 2.52. The van der Waals surface area contributed by atoms with Gasteiger partial charge in [0.1, 0.15) is 29.7 Å². The quantitative estimate of drug-likeness (QED) is 0.204. The molecule has 0 saturated carbocycles. The Balaban J connectivity index is 1.57. The zero-order chi connectivity index (χ0) is 29.5. The lowest BCUT2D eigenvalue weighted by Crippen LogP contribution is -2.09. The standard InChI is InChI=1S/C32H33N3O7/c1-4-5-8-31-34-18-24(13-23(32(36)37)12-22-14-29-30(42-20-41-29)16-27(22)39-3)35(31)26-10-9-25(38-2)15-28(26)40-19-21-7-6-11-33-17-21/h6-7,9-11,13-18H,4-5,8,12,19-20H2,1-3H3,(H,36,37). The van der Waals surface area contributed by atoms with Gasteiger partial charge in [-0.15, -0.1) is 0 Å². The number of nitrogens with zero attached hydrogens (tertiary/aromatic N) is 3. The van der Waals surface area contributed by atoms with Crippen LogP contribution in [0, 0.1) is 0 Å². The maximum absolute atomic E-state index is 12.5. The van der Waals surface area contributed by atoms with E-state index in [2.05, 4.69) is 11.9 Å². The van der Waals surface area contributed by atoms with E-state index < -0.39 is 5.97 Å². The Morgan fingerprint density at radius 3 is 2.62 bits per heavy atom. The molecule has 2 aromatic carbocycles. The minimum atomic E-state index is -1.06. The van der Waals surface area contributed by atoms with Gasteiger partial charge in [0.2, 0.25) is 6.79 Å². The van der Waals surface area contributed by atoms with Gasteiger partial charge in [-0.05, 0) is 36.8 Å². The molecule has 0 atom stereocenters. The summed E-state index contributed by atoms with van der Waals surface area (Å²) in [4.78, 5) is 21.4. The molecule has 1 N–H and O–H groups in total. The number of methoxy groups -OCH3 is 2. The summed E-state index contributed by atoms with van der Waals surface area (Å²) < 4.78 is 30.2. The molecule has 10 nitrogen and oxygen atoms in total. The SMILES string of the molecule is CCCCc1ncc(C=C(Cc2cc3c(cc2OC)OCO3)C(=O)O)n1-c1ccc(OC)cc1OCc1cccnc1. The van der Waals surface area contributed by atoms with E-state index >= 15 is 0 Å². The van der Waals surface area contributed by atoms with Crippen molar-refractivity contribution in [1.29, 1.82) is 0 Å². The smallest absolute Gasteiger partial charge is 0.331 e. The fraction of sp³-hybridized carbons (Fsp3) is 0.281. The number of benzene rings is 2. The first-order valence-corrected chi connectivity index (χ1v) is 13.7. The van der Waals surface area contributed by atoms with Crippen LogP contribution in [-0.2, 0) is 24.2 Å². The molecule has 2 aromatic heterocycles. The number of pyridine rings is 1. The summed E-state index contributed by atoms with van der Waals surface area (Å²) in [5, 5.41) is 10.3. The number of carboxylic acids is 1. The van der Waals surface area contributed by atoms with E-state index in [1.807, 2.05) is 34.9 Å². The van der Waals surface area contributed by atoms with Crippen molar-refractivity contribution in [1.82, 2.24) is 14.5 Å². The fourth-order valence-electron chi connectivity index (χ4n) is 4.73. The molecular weight excluding hydrogens is 538 g/mol. The number of aromatic nitrogens is 3. The van der Waals surface area contributed by atoms with Gasteiger partial charge < -0.3 is 28.8 Å². The summed E-state index contributed by atoms with van der Waals surface area (Å²) in [7, 11) is 3.14. The van der Waals surface area contributed by atoms with Gasteiger partial charge in [-0.1, -0.05) is 19.4 Å². The molecule has 218 valence electrons. The largest absolute Gasteiger partial charge is 0.497 e. The van der Waals surface area contributed by atoms with E-state index in [4.69, 9.17) is 28.7 Å². The average molecular weight is 572 g/mol. The first-order valence-electron chi connectivity index (χ1n) is 13.7. The summed E-state index contributed by atoms with van der Waals surface area (Å²) >= 11 is 0. The van der Waals surface area contributed by atoms with Crippen molar-refractivity contribution in [3.63, 3.8) is 0 Å². The average Bonchev–Trinajstić information content (AvgIpc) is 3.64. The summed E-state index contributed by atoms with van der Waals surface area (Å²) in [6, 6.07) is 12.8. The molecule has 0 amide bonds. The summed E-state index contributed by atoms with van der Waals surface area (Å²) in [5.74, 6) is 2.57. The van der Waals surface area contributed by atoms with Gasteiger partial charge in [-0.2, -0.15) is 0 Å². The number of aliphatic carboxylic acids is 1. The molecule has 5 rings (SSSR count). The highest BCUT2D eigenvalue weighted by Gasteiger charge is 2.22. The van der Waals surface area contributed by atoms with Crippen LogP contribution in [0.1, 0.15) is 42.4 Å². The predicted molar refractivity (Wildman–Crippen MR) is 156 cm³/mol. The number of imidazole rings is 1. The van der Waals surface area contributed by atoms with Gasteiger partial charge >= 0.3 is 5.97 Å². The second-order valence-electron chi connectivity index (χ2n) is 9.69. The molecule has 0 spiro atoms. The van der Waals surface area contributed by atoms with Gasteiger partial charge in [0.15, 0.2) is 11.5 Å². The Labute approximate surface area is 244 Å². The maximum atomic E-state index is 12.5. The Kier molecular flexibility index (Phi) is 8.91. The molecular formula is C32H33N3O7. The van der Waals surface area contributed by atoms with Crippen LogP contribution in [0.3, 0.4) is 0 Å². The number of aryl methyl sites for hydroxylation is 1. The number of ether oxygens (including phenoxy) is 5. The molecule has 0 bridgehead atoms. The Hall–Kier alpha value is -4.99. The van der Waals surface area contributed by atoms with Gasteiger partial charge in [-0.25, -0.2) is 9.78 Å². The number of hydrogen-bond donors (Lipinski definition) is 1. The van der Waals surface area contributed by atoms with Crippen LogP contribution in [0.15, 0.2) is 66.6 Å². The van der Waals surface area contributed by atoms with Crippen LogP contribution in [0.25, 0.3) is 11.8 Å². The van der Waals surface area contributed by atoms with E-state index in [0.717, 1.165) is 29.9 Å². The topological polar surface area (TPSA) is 114 Å². The first kappa shape index (κ1) is 28.5. The molecule has 42 heavy (non-hydrogen) atoms. The number of fused-ring (bicyclic) bond motifs is 1. The first-order chi connectivity index (χ1) is 20.5. The second-order valence-corrected chi connectivity index (χ2v) is 9.69. The van der Waals surface area contributed by atoms with Crippen molar-refractivity contribution < 1.29 is 33.6 Å². The molecule has 0 aliphatic carbocycles. The lowest BCUT2D eigenvalue weighted by Gasteiger charge is -2.17. The fourth-order valence-corrected chi connectivity index (χ4v) is 4.73. The van der Waals surface area contributed by atoms with Gasteiger partial charge in [0.25, 0.3) is 0 Å². The van der Waals surface area contributed by atoms with Crippen LogP contribution in [0.2, 0.25) is 0 Å². The zero-order valence-corrected chi connectivity index (χ0v) is 23.8. The lowest BCUT2D eigenvalue weighted by atomic mass is 10.0. The molecule has 4 aromatic rings. The normalized spacial score (nSPS) is 12.3. The minimum Gasteiger partial charge on any atom is -0.497 e. The number of carbonyl (C=O) groups is 1. The molecule has 1 aliphatic heterocycles. The molecule has 1 aliphatic rings. The van der Waals surface area contributed by atoms with Crippen LogP contribution < -0.4 is 23.7 Å². The Bertz CT molecular complexity index is 1580.